The molecule has 0 spiro atoms. The van der Waals surface area contributed by atoms with Crippen LogP contribution in [0.15, 0.2) is 87.1 Å². The van der Waals surface area contributed by atoms with Gasteiger partial charge in [0.05, 0.1) is 18.6 Å². The Labute approximate surface area is 172 Å². The van der Waals surface area contributed by atoms with Crippen molar-refractivity contribution < 1.29 is 13.6 Å². The van der Waals surface area contributed by atoms with Crippen molar-refractivity contribution in [2.75, 3.05) is 10.7 Å². The topological polar surface area (TPSA) is 72.4 Å². The maximum Gasteiger partial charge on any atom is 0.284 e. The molecule has 0 aliphatic heterocycles. The van der Waals surface area contributed by atoms with E-state index < -0.39 is 0 Å². The summed E-state index contributed by atoms with van der Waals surface area (Å²) in [5, 5.41) is 8.28. The number of rotatable bonds is 7. The van der Waals surface area contributed by atoms with Gasteiger partial charge in [0, 0.05) is 5.69 Å². The monoisotopic (exact) mass is 405 g/mol. The molecule has 0 radical (unpaired) electrons. The quantitative estimate of drug-likeness (QED) is 0.405. The van der Waals surface area contributed by atoms with E-state index in [4.69, 9.17) is 8.83 Å². The molecular formula is C22H19N3O3S. The highest BCUT2D eigenvalue weighted by Gasteiger charge is 2.19. The molecule has 146 valence electrons. The summed E-state index contributed by atoms with van der Waals surface area (Å²) in [6.07, 6.45) is 1.54. The van der Waals surface area contributed by atoms with E-state index in [2.05, 4.69) is 10.2 Å². The normalized spacial score (nSPS) is 10.8. The second-order valence-electron chi connectivity index (χ2n) is 6.44. The van der Waals surface area contributed by atoms with Crippen LogP contribution in [0.2, 0.25) is 0 Å². The van der Waals surface area contributed by atoms with E-state index in [0.29, 0.717) is 23.4 Å². The standard InChI is InChI=1S/C22H19N3O3S/c1-16-7-5-10-18(13-16)25(14-17-8-3-2-4-9-17)20(26)15-29-22-24-23-21(28-22)19-11-6-12-27-19/h2-13H,14-15H2,1H3. The van der Waals surface area contributed by atoms with E-state index in [0.717, 1.165) is 16.8 Å². The van der Waals surface area contributed by atoms with Crippen LogP contribution in [0.1, 0.15) is 11.1 Å². The van der Waals surface area contributed by atoms with Crippen molar-refractivity contribution in [1.29, 1.82) is 0 Å². The molecule has 6 nitrogen and oxygen atoms in total. The number of thioether (sulfide) groups is 1. The van der Waals surface area contributed by atoms with Crippen molar-refractivity contribution in [3.05, 3.63) is 84.1 Å². The first-order chi connectivity index (χ1) is 14.2. The maximum atomic E-state index is 13.1. The second-order valence-corrected chi connectivity index (χ2v) is 7.37. The highest BCUT2D eigenvalue weighted by molar-refractivity contribution is 7.99. The van der Waals surface area contributed by atoms with Gasteiger partial charge in [-0.2, -0.15) is 0 Å². The van der Waals surface area contributed by atoms with E-state index in [-0.39, 0.29) is 11.7 Å². The van der Waals surface area contributed by atoms with Crippen LogP contribution in [0.25, 0.3) is 11.7 Å². The Bertz CT molecular complexity index is 1080. The molecule has 2 aromatic carbocycles. The molecule has 0 bridgehead atoms. The van der Waals surface area contributed by atoms with E-state index >= 15 is 0 Å². The number of carbonyl (C=O) groups is 1. The third-order valence-electron chi connectivity index (χ3n) is 4.26. The smallest absolute Gasteiger partial charge is 0.284 e. The van der Waals surface area contributed by atoms with E-state index in [1.807, 2.05) is 61.5 Å². The van der Waals surface area contributed by atoms with Crippen LogP contribution in [0.4, 0.5) is 5.69 Å². The summed E-state index contributed by atoms with van der Waals surface area (Å²) in [7, 11) is 0. The number of nitrogens with zero attached hydrogens (tertiary/aromatic N) is 3. The molecule has 0 N–H and O–H groups in total. The molecule has 0 atom stereocenters. The Balaban J connectivity index is 1.49. The average Bonchev–Trinajstić information content (AvgIpc) is 3.43. The fourth-order valence-corrected chi connectivity index (χ4v) is 3.49. The molecule has 0 unspecified atom stereocenters. The lowest BCUT2D eigenvalue weighted by Crippen LogP contribution is -2.32. The zero-order valence-electron chi connectivity index (χ0n) is 15.8. The number of amides is 1. The number of hydrogen-bond donors (Lipinski definition) is 0. The van der Waals surface area contributed by atoms with Crippen LogP contribution in [-0.2, 0) is 11.3 Å². The van der Waals surface area contributed by atoms with Crippen molar-refractivity contribution in [3.8, 4) is 11.7 Å². The zero-order chi connectivity index (χ0) is 20.1. The third-order valence-corrected chi connectivity index (χ3v) is 5.06. The fourth-order valence-electron chi connectivity index (χ4n) is 2.85. The van der Waals surface area contributed by atoms with E-state index in [9.17, 15) is 4.79 Å². The fraction of sp³-hybridized carbons (Fsp3) is 0.136. The van der Waals surface area contributed by atoms with Gasteiger partial charge < -0.3 is 13.7 Å². The summed E-state index contributed by atoms with van der Waals surface area (Å²) >= 11 is 1.21. The number of benzene rings is 2. The summed E-state index contributed by atoms with van der Waals surface area (Å²) < 4.78 is 10.8. The number of aryl methyl sites for hydroxylation is 1. The second kappa shape index (κ2) is 8.79. The van der Waals surface area contributed by atoms with Gasteiger partial charge in [-0.25, -0.2) is 0 Å². The summed E-state index contributed by atoms with van der Waals surface area (Å²) in [6, 6.07) is 21.3. The maximum absolute atomic E-state index is 13.1. The summed E-state index contributed by atoms with van der Waals surface area (Å²) in [6.45, 7) is 2.50. The molecule has 0 aliphatic rings. The van der Waals surface area contributed by atoms with Gasteiger partial charge in [-0.3, -0.25) is 4.79 Å². The Morgan fingerprint density at radius 3 is 2.66 bits per heavy atom. The Hall–Kier alpha value is -3.32. The first kappa shape index (κ1) is 19.0. The minimum atomic E-state index is -0.0396. The van der Waals surface area contributed by atoms with Gasteiger partial charge in [0.25, 0.3) is 11.1 Å². The highest BCUT2D eigenvalue weighted by Crippen LogP contribution is 2.25. The van der Waals surface area contributed by atoms with Gasteiger partial charge in [0.1, 0.15) is 0 Å². The minimum absolute atomic E-state index is 0.0396. The van der Waals surface area contributed by atoms with Gasteiger partial charge in [0.15, 0.2) is 5.76 Å². The van der Waals surface area contributed by atoms with Gasteiger partial charge in [-0.05, 0) is 42.3 Å². The lowest BCUT2D eigenvalue weighted by molar-refractivity contribution is -0.116. The number of aromatic nitrogens is 2. The highest BCUT2D eigenvalue weighted by atomic mass is 32.2. The summed E-state index contributed by atoms with van der Waals surface area (Å²) in [4.78, 5) is 14.8. The van der Waals surface area contributed by atoms with Crippen LogP contribution in [0, 0.1) is 6.92 Å². The number of anilines is 1. The molecule has 2 heterocycles. The average molecular weight is 405 g/mol. The molecule has 4 rings (SSSR count). The molecule has 0 saturated carbocycles. The van der Waals surface area contributed by atoms with Gasteiger partial charge in [-0.15, -0.1) is 10.2 Å². The number of hydrogen-bond acceptors (Lipinski definition) is 6. The Morgan fingerprint density at radius 2 is 1.90 bits per heavy atom. The molecule has 0 fully saturated rings. The predicted octanol–water partition coefficient (Wildman–Crippen LogP) is 4.96. The molecule has 0 saturated heterocycles. The van der Waals surface area contributed by atoms with Crippen LogP contribution >= 0.6 is 11.8 Å². The molecule has 0 aliphatic carbocycles. The van der Waals surface area contributed by atoms with Crippen LogP contribution in [0.3, 0.4) is 0 Å². The van der Waals surface area contributed by atoms with Gasteiger partial charge in [-0.1, -0.05) is 54.2 Å². The van der Waals surface area contributed by atoms with Crippen LogP contribution in [0.5, 0.6) is 0 Å². The molecular weight excluding hydrogens is 386 g/mol. The number of carbonyl (C=O) groups excluding carboxylic acids is 1. The van der Waals surface area contributed by atoms with Crippen molar-refractivity contribution in [2.24, 2.45) is 0 Å². The third kappa shape index (κ3) is 4.75. The van der Waals surface area contributed by atoms with Gasteiger partial charge >= 0.3 is 0 Å². The molecule has 4 aromatic rings. The molecule has 1 amide bonds. The first-order valence-corrected chi connectivity index (χ1v) is 10.1. The SMILES string of the molecule is Cc1cccc(N(Cc2ccccc2)C(=O)CSc2nnc(-c3ccco3)o2)c1. The minimum Gasteiger partial charge on any atom is -0.459 e. The summed E-state index contributed by atoms with van der Waals surface area (Å²) in [5.74, 6) is 0.939. The van der Waals surface area contributed by atoms with Crippen LogP contribution in [-0.4, -0.2) is 21.9 Å². The molecule has 2 aromatic heterocycles. The van der Waals surface area contributed by atoms with Gasteiger partial charge in [0.2, 0.25) is 5.91 Å². The summed E-state index contributed by atoms with van der Waals surface area (Å²) in [5.41, 5.74) is 3.02. The lowest BCUT2D eigenvalue weighted by atomic mass is 10.1. The first-order valence-electron chi connectivity index (χ1n) is 9.10. The Kier molecular flexibility index (Phi) is 5.76. The van der Waals surface area contributed by atoms with Crippen LogP contribution < -0.4 is 4.90 Å². The van der Waals surface area contributed by atoms with Crippen molar-refractivity contribution in [2.45, 2.75) is 18.7 Å². The van der Waals surface area contributed by atoms with E-state index in [1.54, 1.807) is 23.3 Å². The van der Waals surface area contributed by atoms with E-state index in [1.165, 1.54) is 11.8 Å². The van der Waals surface area contributed by atoms with Crippen molar-refractivity contribution in [1.82, 2.24) is 10.2 Å². The predicted molar refractivity (Wildman–Crippen MR) is 112 cm³/mol. The number of furan rings is 1. The zero-order valence-corrected chi connectivity index (χ0v) is 16.6. The molecule has 7 heteroatoms. The lowest BCUT2D eigenvalue weighted by Gasteiger charge is -2.23. The Morgan fingerprint density at radius 1 is 1.03 bits per heavy atom. The van der Waals surface area contributed by atoms with Crippen molar-refractivity contribution in [3.63, 3.8) is 0 Å². The largest absolute Gasteiger partial charge is 0.459 e. The van der Waals surface area contributed by atoms with Crippen molar-refractivity contribution >= 4 is 23.4 Å². The molecule has 29 heavy (non-hydrogen) atoms.